The van der Waals surface area contributed by atoms with Gasteiger partial charge in [-0.2, -0.15) is 0 Å². The summed E-state index contributed by atoms with van der Waals surface area (Å²) >= 11 is 3.47. The molecule has 0 bridgehead atoms. The van der Waals surface area contributed by atoms with Crippen molar-refractivity contribution in [1.29, 1.82) is 0 Å². The molecule has 2 rings (SSSR count). The highest BCUT2D eigenvalue weighted by Crippen LogP contribution is 2.50. The van der Waals surface area contributed by atoms with Crippen LogP contribution in [0.1, 0.15) is 24.3 Å². The fourth-order valence-corrected chi connectivity index (χ4v) is 2.76. The first-order chi connectivity index (χ1) is 7.19. The summed E-state index contributed by atoms with van der Waals surface area (Å²) in [6, 6.07) is 8.39. The van der Waals surface area contributed by atoms with Gasteiger partial charge in [0.15, 0.2) is 0 Å². The molecule has 3 N–H and O–H groups in total. The van der Waals surface area contributed by atoms with Crippen LogP contribution in [0.15, 0.2) is 28.7 Å². The quantitative estimate of drug-likeness (QED) is 0.885. The third-order valence-electron chi connectivity index (χ3n) is 3.45. The average Bonchev–Trinajstić information content (AvgIpc) is 2.18. The topological polar surface area (TPSA) is 46.2 Å². The zero-order valence-corrected chi connectivity index (χ0v) is 10.2. The second-order valence-electron chi connectivity index (χ2n) is 4.52. The lowest BCUT2D eigenvalue weighted by atomic mass is 9.60. The Balaban J connectivity index is 2.05. The smallest absolute Gasteiger partial charge is 0.0499 e. The molecular weight excluding hydrogens is 254 g/mol. The van der Waals surface area contributed by atoms with E-state index in [2.05, 4.69) is 34.1 Å². The third-order valence-corrected chi connectivity index (χ3v) is 3.94. The third kappa shape index (κ3) is 2.10. The van der Waals surface area contributed by atoms with E-state index < -0.39 is 0 Å². The first-order valence-electron chi connectivity index (χ1n) is 5.25. The van der Waals surface area contributed by atoms with E-state index in [0.29, 0.717) is 12.5 Å². The van der Waals surface area contributed by atoms with E-state index in [0.717, 1.165) is 17.3 Å². The van der Waals surface area contributed by atoms with Crippen LogP contribution in [0.2, 0.25) is 0 Å². The second kappa shape index (κ2) is 4.24. The first-order valence-corrected chi connectivity index (χ1v) is 6.05. The highest BCUT2D eigenvalue weighted by atomic mass is 79.9. The van der Waals surface area contributed by atoms with Crippen molar-refractivity contribution in [1.82, 2.24) is 0 Å². The first kappa shape index (κ1) is 11.1. The van der Waals surface area contributed by atoms with Crippen LogP contribution >= 0.6 is 15.9 Å². The molecule has 0 aromatic heterocycles. The minimum absolute atomic E-state index is 0.00696. The molecular formula is C12H16BrNO. The Labute approximate surface area is 98.6 Å². The largest absolute Gasteiger partial charge is 0.396 e. The summed E-state index contributed by atoms with van der Waals surface area (Å²) in [6.45, 7) is 0.808. The van der Waals surface area contributed by atoms with Crippen LogP contribution in [-0.4, -0.2) is 18.3 Å². The van der Waals surface area contributed by atoms with Crippen molar-refractivity contribution < 1.29 is 5.11 Å². The lowest BCUT2D eigenvalue weighted by Gasteiger charge is -2.46. The maximum Gasteiger partial charge on any atom is 0.0499 e. The Morgan fingerprint density at radius 2 is 2.20 bits per heavy atom. The molecule has 0 amide bonds. The summed E-state index contributed by atoms with van der Waals surface area (Å²) in [4.78, 5) is 0. The van der Waals surface area contributed by atoms with Crippen molar-refractivity contribution >= 4 is 15.9 Å². The van der Waals surface area contributed by atoms with Crippen LogP contribution < -0.4 is 5.73 Å². The van der Waals surface area contributed by atoms with E-state index in [4.69, 9.17) is 5.73 Å². The van der Waals surface area contributed by atoms with Gasteiger partial charge in [-0.3, -0.25) is 0 Å². The van der Waals surface area contributed by atoms with Gasteiger partial charge < -0.3 is 10.8 Å². The summed E-state index contributed by atoms with van der Waals surface area (Å²) in [5.41, 5.74) is 7.02. The highest BCUT2D eigenvalue weighted by Gasteiger charge is 2.43. The van der Waals surface area contributed by atoms with Gasteiger partial charge in [0.25, 0.3) is 0 Å². The lowest BCUT2D eigenvalue weighted by molar-refractivity contribution is 0.0337. The molecule has 0 saturated heterocycles. The highest BCUT2D eigenvalue weighted by molar-refractivity contribution is 9.10. The summed E-state index contributed by atoms with van der Waals surface area (Å²) in [6.07, 6.45) is 2.02. The number of hydrogen-bond acceptors (Lipinski definition) is 2. The Kier molecular flexibility index (Phi) is 3.14. The van der Waals surface area contributed by atoms with Crippen molar-refractivity contribution in [2.24, 2.45) is 11.1 Å². The lowest BCUT2D eigenvalue weighted by Crippen LogP contribution is -2.44. The SMILES string of the molecule is NCC1(CO)CC(c2cccc(Br)c2)C1. The van der Waals surface area contributed by atoms with E-state index in [-0.39, 0.29) is 12.0 Å². The standard InChI is InChI=1S/C12H16BrNO/c13-11-3-1-2-9(4-11)10-5-12(6-10,7-14)8-15/h1-4,10,15H,5-8,14H2. The molecule has 2 nitrogen and oxygen atoms in total. The molecule has 1 aromatic carbocycles. The maximum absolute atomic E-state index is 9.27. The van der Waals surface area contributed by atoms with Gasteiger partial charge >= 0.3 is 0 Å². The molecule has 0 atom stereocenters. The van der Waals surface area contributed by atoms with E-state index in [9.17, 15) is 5.11 Å². The second-order valence-corrected chi connectivity index (χ2v) is 5.44. The van der Waals surface area contributed by atoms with Gasteiger partial charge in [0.05, 0.1) is 0 Å². The summed E-state index contributed by atoms with van der Waals surface area (Å²) in [5, 5.41) is 9.27. The Bertz CT molecular complexity index is 341. The van der Waals surface area contributed by atoms with E-state index in [1.54, 1.807) is 0 Å². The van der Waals surface area contributed by atoms with Crippen LogP contribution in [0.4, 0.5) is 0 Å². The van der Waals surface area contributed by atoms with Crippen molar-refractivity contribution in [3.63, 3.8) is 0 Å². The maximum atomic E-state index is 9.27. The molecule has 1 aromatic rings. The number of halogens is 1. The normalized spacial score (nSPS) is 29.9. The van der Waals surface area contributed by atoms with Crippen LogP contribution in [0.5, 0.6) is 0 Å². The molecule has 0 radical (unpaired) electrons. The van der Waals surface area contributed by atoms with Gasteiger partial charge in [0.1, 0.15) is 0 Å². The predicted molar refractivity (Wildman–Crippen MR) is 64.7 cm³/mol. The number of aliphatic hydroxyl groups excluding tert-OH is 1. The van der Waals surface area contributed by atoms with Gasteiger partial charge in [0.2, 0.25) is 0 Å². The fraction of sp³-hybridized carbons (Fsp3) is 0.500. The van der Waals surface area contributed by atoms with Crippen LogP contribution in [-0.2, 0) is 0 Å². The fourth-order valence-electron chi connectivity index (χ4n) is 2.34. The van der Waals surface area contributed by atoms with Crippen LogP contribution in [0.3, 0.4) is 0 Å². The van der Waals surface area contributed by atoms with Crippen molar-refractivity contribution in [3.05, 3.63) is 34.3 Å². The molecule has 15 heavy (non-hydrogen) atoms. The molecule has 82 valence electrons. The molecule has 0 aliphatic heterocycles. The van der Waals surface area contributed by atoms with Crippen molar-refractivity contribution in [3.8, 4) is 0 Å². The summed E-state index contributed by atoms with van der Waals surface area (Å²) < 4.78 is 1.12. The molecule has 1 aliphatic carbocycles. The van der Waals surface area contributed by atoms with Crippen molar-refractivity contribution in [2.75, 3.05) is 13.2 Å². The monoisotopic (exact) mass is 269 g/mol. The average molecular weight is 270 g/mol. The summed E-state index contributed by atoms with van der Waals surface area (Å²) in [7, 11) is 0. The Morgan fingerprint density at radius 3 is 2.73 bits per heavy atom. The number of benzene rings is 1. The number of rotatable bonds is 3. The minimum Gasteiger partial charge on any atom is -0.396 e. The van der Waals surface area contributed by atoms with E-state index in [1.807, 2.05) is 6.07 Å². The van der Waals surface area contributed by atoms with Crippen LogP contribution in [0, 0.1) is 5.41 Å². The zero-order chi connectivity index (χ0) is 10.9. The van der Waals surface area contributed by atoms with Crippen molar-refractivity contribution in [2.45, 2.75) is 18.8 Å². The van der Waals surface area contributed by atoms with E-state index in [1.165, 1.54) is 5.56 Å². The number of aliphatic hydroxyl groups is 1. The van der Waals surface area contributed by atoms with Gasteiger partial charge in [-0.1, -0.05) is 28.1 Å². The minimum atomic E-state index is -0.00696. The van der Waals surface area contributed by atoms with E-state index >= 15 is 0 Å². The Morgan fingerprint density at radius 1 is 1.47 bits per heavy atom. The molecule has 1 fully saturated rings. The number of hydrogen-bond donors (Lipinski definition) is 2. The molecule has 3 heteroatoms. The molecule has 0 unspecified atom stereocenters. The van der Waals surface area contributed by atoms with Gasteiger partial charge in [-0.05, 0) is 36.5 Å². The van der Waals surface area contributed by atoms with Gasteiger partial charge in [-0.15, -0.1) is 0 Å². The van der Waals surface area contributed by atoms with Crippen LogP contribution in [0.25, 0.3) is 0 Å². The Hall–Kier alpha value is -0.380. The molecule has 1 saturated carbocycles. The summed E-state index contributed by atoms with van der Waals surface area (Å²) in [5.74, 6) is 0.568. The predicted octanol–water partition coefficient (Wildman–Crippen LogP) is 2.26. The molecule has 1 aliphatic rings. The van der Waals surface area contributed by atoms with Gasteiger partial charge in [-0.25, -0.2) is 0 Å². The number of nitrogens with two attached hydrogens (primary N) is 1. The van der Waals surface area contributed by atoms with Gasteiger partial charge in [0, 0.05) is 23.0 Å². The molecule has 0 heterocycles. The molecule has 0 spiro atoms. The zero-order valence-electron chi connectivity index (χ0n) is 8.62.